The summed E-state index contributed by atoms with van der Waals surface area (Å²) in [6.07, 6.45) is 3.09. The number of nitrogens with one attached hydrogen (secondary N) is 1. The van der Waals surface area contributed by atoms with Crippen molar-refractivity contribution >= 4 is 16.6 Å². The van der Waals surface area contributed by atoms with Gasteiger partial charge in [0.1, 0.15) is 0 Å². The molecule has 0 radical (unpaired) electrons. The van der Waals surface area contributed by atoms with E-state index < -0.39 is 0 Å². The summed E-state index contributed by atoms with van der Waals surface area (Å²) in [4.78, 5) is 6.90. The molecule has 1 aliphatic rings. The molecular weight excluding hydrogens is 222 g/mol. The Labute approximate surface area is 108 Å². The highest BCUT2D eigenvalue weighted by Crippen LogP contribution is 2.28. The summed E-state index contributed by atoms with van der Waals surface area (Å²) in [5, 5.41) is 4.80. The van der Waals surface area contributed by atoms with Crippen molar-refractivity contribution in [2.75, 3.05) is 24.5 Å². The molecule has 2 heterocycles. The van der Waals surface area contributed by atoms with Gasteiger partial charge >= 0.3 is 0 Å². The van der Waals surface area contributed by atoms with Crippen LogP contribution in [0.5, 0.6) is 0 Å². The van der Waals surface area contributed by atoms with E-state index in [0.29, 0.717) is 6.04 Å². The number of pyridine rings is 1. The second-order valence-corrected chi connectivity index (χ2v) is 4.84. The normalized spacial score (nSPS) is 19.6. The summed E-state index contributed by atoms with van der Waals surface area (Å²) in [6, 6.07) is 11.2. The van der Waals surface area contributed by atoms with Crippen LogP contribution >= 0.6 is 0 Å². The topological polar surface area (TPSA) is 28.2 Å². The SMILES string of the molecule is CCNC1CCN(c2cccc3ncccc23)C1. The highest BCUT2D eigenvalue weighted by Gasteiger charge is 2.22. The molecule has 1 unspecified atom stereocenters. The Morgan fingerprint density at radius 2 is 2.28 bits per heavy atom. The molecule has 1 saturated heterocycles. The van der Waals surface area contributed by atoms with E-state index in [2.05, 4.69) is 46.4 Å². The van der Waals surface area contributed by atoms with Gasteiger partial charge in [-0.15, -0.1) is 0 Å². The number of rotatable bonds is 3. The third-order valence-corrected chi connectivity index (χ3v) is 3.64. The maximum atomic E-state index is 4.43. The highest BCUT2D eigenvalue weighted by atomic mass is 15.2. The van der Waals surface area contributed by atoms with Crippen molar-refractivity contribution in [3.8, 4) is 0 Å². The smallest absolute Gasteiger partial charge is 0.0722 e. The zero-order valence-electron chi connectivity index (χ0n) is 10.8. The van der Waals surface area contributed by atoms with Crippen molar-refractivity contribution in [2.24, 2.45) is 0 Å². The van der Waals surface area contributed by atoms with Gasteiger partial charge in [-0.05, 0) is 37.2 Å². The van der Waals surface area contributed by atoms with Crippen LogP contribution in [0.25, 0.3) is 10.9 Å². The molecule has 1 N–H and O–H groups in total. The molecule has 0 amide bonds. The van der Waals surface area contributed by atoms with Crippen molar-refractivity contribution in [1.29, 1.82) is 0 Å². The molecule has 2 aromatic rings. The third kappa shape index (κ3) is 2.06. The largest absolute Gasteiger partial charge is 0.369 e. The van der Waals surface area contributed by atoms with Gasteiger partial charge in [0, 0.05) is 36.4 Å². The summed E-state index contributed by atoms with van der Waals surface area (Å²) in [5.41, 5.74) is 2.41. The minimum Gasteiger partial charge on any atom is -0.369 e. The maximum absolute atomic E-state index is 4.43. The second kappa shape index (κ2) is 4.94. The van der Waals surface area contributed by atoms with Gasteiger partial charge in [-0.1, -0.05) is 13.0 Å². The van der Waals surface area contributed by atoms with E-state index in [1.807, 2.05) is 12.3 Å². The summed E-state index contributed by atoms with van der Waals surface area (Å²) >= 11 is 0. The van der Waals surface area contributed by atoms with Crippen LogP contribution in [0.1, 0.15) is 13.3 Å². The lowest BCUT2D eigenvalue weighted by molar-refractivity contribution is 0.572. The van der Waals surface area contributed by atoms with E-state index in [1.165, 1.54) is 17.5 Å². The van der Waals surface area contributed by atoms with Gasteiger partial charge in [0.25, 0.3) is 0 Å². The molecule has 94 valence electrons. The molecule has 0 spiro atoms. The van der Waals surface area contributed by atoms with Gasteiger partial charge in [-0.25, -0.2) is 0 Å². The number of likely N-dealkylation sites (N-methyl/N-ethyl adjacent to an activating group) is 1. The van der Waals surface area contributed by atoms with Crippen LogP contribution in [0.4, 0.5) is 5.69 Å². The van der Waals surface area contributed by atoms with Crippen LogP contribution in [-0.4, -0.2) is 30.7 Å². The summed E-state index contributed by atoms with van der Waals surface area (Å²) in [5.74, 6) is 0. The first kappa shape index (κ1) is 11.5. The zero-order valence-corrected chi connectivity index (χ0v) is 10.8. The number of fused-ring (bicyclic) bond motifs is 1. The molecule has 1 aromatic carbocycles. The van der Waals surface area contributed by atoms with Crippen molar-refractivity contribution < 1.29 is 0 Å². The van der Waals surface area contributed by atoms with E-state index in [4.69, 9.17) is 0 Å². The summed E-state index contributed by atoms with van der Waals surface area (Å²) in [7, 11) is 0. The van der Waals surface area contributed by atoms with Crippen molar-refractivity contribution in [3.05, 3.63) is 36.5 Å². The molecule has 1 aliphatic heterocycles. The Morgan fingerprint density at radius 1 is 1.33 bits per heavy atom. The maximum Gasteiger partial charge on any atom is 0.0722 e. The molecule has 0 saturated carbocycles. The fourth-order valence-electron chi connectivity index (χ4n) is 2.80. The number of nitrogens with zero attached hydrogens (tertiary/aromatic N) is 2. The van der Waals surface area contributed by atoms with Gasteiger partial charge in [-0.3, -0.25) is 4.98 Å². The fourth-order valence-corrected chi connectivity index (χ4v) is 2.80. The van der Waals surface area contributed by atoms with E-state index >= 15 is 0 Å². The van der Waals surface area contributed by atoms with Crippen LogP contribution in [0.15, 0.2) is 36.5 Å². The lowest BCUT2D eigenvalue weighted by Crippen LogP contribution is -2.32. The molecule has 3 rings (SSSR count). The lowest BCUT2D eigenvalue weighted by Gasteiger charge is -2.20. The summed E-state index contributed by atoms with van der Waals surface area (Å²) < 4.78 is 0. The molecule has 0 bridgehead atoms. The minimum atomic E-state index is 0.627. The third-order valence-electron chi connectivity index (χ3n) is 3.64. The lowest BCUT2D eigenvalue weighted by atomic mass is 10.1. The van der Waals surface area contributed by atoms with Crippen LogP contribution < -0.4 is 10.2 Å². The quantitative estimate of drug-likeness (QED) is 0.894. The molecule has 1 aromatic heterocycles. The summed E-state index contributed by atoms with van der Waals surface area (Å²) in [6.45, 7) is 5.45. The Bertz CT molecular complexity index is 533. The molecule has 3 heteroatoms. The molecule has 3 nitrogen and oxygen atoms in total. The minimum absolute atomic E-state index is 0.627. The molecule has 18 heavy (non-hydrogen) atoms. The van der Waals surface area contributed by atoms with E-state index in [9.17, 15) is 0 Å². The average Bonchev–Trinajstić information content (AvgIpc) is 2.87. The van der Waals surface area contributed by atoms with Gasteiger partial charge in [0.2, 0.25) is 0 Å². The number of hydrogen-bond acceptors (Lipinski definition) is 3. The van der Waals surface area contributed by atoms with Gasteiger partial charge in [-0.2, -0.15) is 0 Å². The first-order valence-electron chi connectivity index (χ1n) is 6.70. The zero-order chi connectivity index (χ0) is 12.4. The second-order valence-electron chi connectivity index (χ2n) is 4.84. The monoisotopic (exact) mass is 241 g/mol. The van der Waals surface area contributed by atoms with E-state index in [1.54, 1.807) is 0 Å². The fraction of sp³-hybridized carbons (Fsp3) is 0.400. The number of aromatic nitrogens is 1. The number of benzene rings is 1. The molecule has 1 atom stereocenters. The highest BCUT2D eigenvalue weighted by molar-refractivity contribution is 5.91. The van der Waals surface area contributed by atoms with E-state index in [-0.39, 0.29) is 0 Å². The first-order valence-corrected chi connectivity index (χ1v) is 6.70. The van der Waals surface area contributed by atoms with Gasteiger partial charge in [0.15, 0.2) is 0 Å². The molecule has 0 aliphatic carbocycles. The van der Waals surface area contributed by atoms with Crippen molar-refractivity contribution in [1.82, 2.24) is 10.3 Å². The number of hydrogen-bond donors (Lipinski definition) is 1. The standard InChI is InChI=1S/C15H19N3/c1-2-16-12-8-10-18(11-12)15-7-3-6-14-13(15)5-4-9-17-14/h3-7,9,12,16H,2,8,10-11H2,1H3. The molecular formula is C15H19N3. The van der Waals surface area contributed by atoms with Crippen molar-refractivity contribution in [3.63, 3.8) is 0 Å². The van der Waals surface area contributed by atoms with Crippen LogP contribution in [0.3, 0.4) is 0 Å². The van der Waals surface area contributed by atoms with E-state index in [0.717, 1.165) is 25.2 Å². The Kier molecular flexibility index (Phi) is 3.15. The van der Waals surface area contributed by atoms with Crippen molar-refractivity contribution in [2.45, 2.75) is 19.4 Å². The van der Waals surface area contributed by atoms with Gasteiger partial charge < -0.3 is 10.2 Å². The van der Waals surface area contributed by atoms with Gasteiger partial charge in [0.05, 0.1) is 5.52 Å². The predicted molar refractivity (Wildman–Crippen MR) is 76.0 cm³/mol. The predicted octanol–water partition coefficient (Wildman–Crippen LogP) is 2.42. The van der Waals surface area contributed by atoms with Crippen LogP contribution in [-0.2, 0) is 0 Å². The Morgan fingerprint density at radius 3 is 3.17 bits per heavy atom. The van der Waals surface area contributed by atoms with Crippen LogP contribution in [0, 0.1) is 0 Å². The first-order chi connectivity index (χ1) is 8.88. The average molecular weight is 241 g/mol. The Balaban J connectivity index is 1.91. The molecule has 1 fully saturated rings. The van der Waals surface area contributed by atoms with Crippen LogP contribution in [0.2, 0.25) is 0 Å². The number of anilines is 1. The Hall–Kier alpha value is -1.61.